The highest BCUT2D eigenvalue weighted by molar-refractivity contribution is 6.74. The molecule has 1 aromatic heterocycles. The van der Waals surface area contributed by atoms with E-state index in [9.17, 15) is 5.11 Å². The molecule has 4 aromatic rings. The molecule has 59 heavy (non-hydrogen) atoms. The summed E-state index contributed by atoms with van der Waals surface area (Å²) in [5.41, 5.74) is 1.20. The van der Waals surface area contributed by atoms with Crippen LogP contribution in [-0.4, -0.2) is 65.2 Å². The molecule has 2 heterocycles. The second kappa shape index (κ2) is 14.5. The van der Waals surface area contributed by atoms with Gasteiger partial charge < -0.3 is 23.5 Å². The fourth-order valence-corrected chi connectivity index (χ4v) is 10.7. The largest absolute Gasteiger partial charge is 0.508 e. The minimum Gasteiger partial charge on any atom is -0.508 e. The number of halogens is 1. The maximum Gasteiger partial charge on any atom is 0.265 e. The minimum atomic E-state index is -2.93. The quantitative estimate of drug-likeness (QED) is 0.164. The van der Waals surface area contributed by atoms with E-state index in [0.29, 0.717) is 35.7 Å². The Morgan fingerprint density at radius 1 is 0.898 bits per heavy atom. The van der Waals surface area contributed by atoms with Crippen molar-refractivity contribution in [1.29, 1.82) is 0 Å². The fraction of sp³-hybridized carbons (Fsp3) is 0.468. The molecule has 0 unspecified atom stereocenters. The highest BCUT2D eigenvalue weighted by Crippen LogP contribution is 2.60. The van der Waals surface area contributed by atoms with Gasteiger partial charge in [0.2, 0.25) is 5.78 Å². The summed E-state index contributed by atoms with van der Waals surface area (Å²) in [5.74, 6) is -2.66. The number of aliphatic hydroxyl groups is 1. The molecule has 312 valence electrons. The van der Waals surface area contributed by atoms with E-state index in [-0.39, 0.29) is 59.7 Å². The Balaban J connectivity index is 1.33. The lowest BCUT2D eigenvalue weighted by molar-refractivity contribution is -0.0481. The number of hydrogen-bond acceptors (Lipinski definition) is 10. The number of aliphatic hydroxyl groups excluding tert-OH is 1. The van der Waals surface area contributed by atoms with Crippen LogP contribution in [-0.2, 0) is 37.2 Å². The van der Waals surface area contributed by atoms with Crippen molar-refractivity contribution in [2.45, 2.75) is 116 Å². The van der Waals surface area contributed by atoms with E-state index < -0.39 is 60.0 Å². The number of fused-ring (bicyclic) bond motifs is 5. The third kappa shape index (κ3) is 6.67. The number of rotatable bonds is 9. The van der Waals surface area contributed by atoms with Crippen LogP contribution in [0.25, 0.3) is 0 Å². The van der Waals surface area contributed by atoms with Gasteiger partial charge in [0.1, 0.15) is 36.1 Å². The third-order valence-corrected chi connectivity index (χ3v) is 17.9. The highest BCUT2D eigenvalue weighted by Gasteiger charge is 2.67. The Hall–Kier alpha value is -4.62. The molecule has 0 radical (unpaired) electrons. The predicted molar refractivity (Wildman–Crippen MR) is 225 cm³/mol. The SMILES string of the molecule is CN(C)[C@@H]1c2onc(OCc3ccccc3)c2C(=O)[C@@]2(O[Si](C)(C)C(C)(C)C)C(O)=C3C(=O)c4c(c(F)c5c(c4OCc4ccccc4)CN(C(C)(C)C)C5)C[C@H]3C[C@@H]12. The smallest absolute Gasteiger partial charge is 0.265 e. The predicted octanol–water partition coefficient (Wildman–Crippen LogP) is 9.53. The van der Waals surface area contributed by atoms with E-state index in [1.54, 1.807) is 0 Å². The van der Waals surface area contributed by atoms with E-state index in [0.717, 1.165) is 11.1 Å². The monoisotopic (exact) mass is 821 g/mol. The van der Waals surface area contributed by atoms with Gasteiger partial charge >= 0.3 is 0 Å². The van der Waals surface area contributed by atoms with Gasteiger partial charge in [-0.2, -0.15) is 0 Å². The molecule has 0 saturated carbocycles. The molecular weight excluding hydrogens is 766 g/mol. The van der Waals surface area contributed by atoms with Crippen LogP contribution in [0, 0.1) is 17.7 Å². The number of ether oxygens (including phenoxy) is 2. The summed E-state index contributed by atoms with van der Waals surface area (Å²) in [5, 5.41) is 17.0. The number of carbonyl (C=O) groups excluding carboxylic acids is 2. The summed E-state index contributed by atoms with van der Waals surface area (Å²) < 4.78 is 43.4. The van der Waals surface area contributed by atoms with Gasteiger partial charge in [-0.15, -0.1) is 0 Å². The Kier molecular flexibility index (Phi) is 10.1. The van der Waals surface area contributed by atoms with E-state index in [2.05, 4.69) is 51.6 Å². The number of ketones is 2. The van der Waals surface area contributed by atoms with Crippen molar-refractivity contribution in [3.63, 3.8) is 0 Å². The maximum atomic E-state index is 17.2. The number of hydrogen-bond donors (Lipinski definition) is 1. The Morgan fingerprint density at radius 2 is 1.49 bits per heavy atom. The van der Waals surface area contributed by atoms with Crippen LogP contribution < -0.4 is 9.47 Å². The molecule has 3 aliphatic carbocycles. The van der Waals surface area contributed by atoms with Gasteiger partial charge in [-0.3, -0.25) is 19.4 Å². The van der Waals surface area contributed by atoms with Crippen molar-refractivity contribution < 1.29 is 37.5 Å². The maximum absolute atomic E-state index is 17.2. The summed E-state index contributed by atoms with van der Waals surface area (Å²) in [6, 6.07) is 18.6. The van der Waals surface area contributed by atoms with Gasteiger partial charge in [0.05, 0.1) is 11.6 Å². The number of Topliss-reactive ketones (excluding diaryl/α,β-unsaturated/α-hetero) is 2. The zero-order chi connectivity index (χ0) is 42.4. The molecule has 4 atom stereocenters. The first-order chi connectivity index (χ1) is 27.8. The van der Waals surface area contributed by atoms with Crippen LogP contribution in [0.5, 0.6) is 11.6 Å². The number of carbonyl (C=O) groups is 2. The zero-order valence-corrected chi connectivity index (χ0v) is 36.9. The number of allylic oxidation sites excluding steroid dienone is 1. The van der Waals surface area contributed by atoms with E-state index in [4.69, 9.17) is 18.4 Å². The molecule has 0 amide bonds. The van der Waals surface area contributed by atoms with Gasteiger partial charge in [0.15, 0.2) is 25.5 Å². The molecule has 1 N–H and O–H groups in total. The number of benzene rings is 3. The standard InChI is InChI=1S/C47H56FN3O7Si/c1-45(2,3)51-23-31-32(24-51)40(55-25-27-17-13-11-14-18-27)35-30(37(31)48)21-29-22-33-38(50(7)8)41-36(44(49-57-41)56-26-28-19-15-12-16-20-28)43(54)47(33,42(53)34(29)39(35)52)58-59(9,10)46(4,5)6/h11-20,29,33,38,53H,21-26H2,1-10H3/t29-,33-,38-,47-/m0/s1. The van der Waals surface area contributed by atoms with Crippen molar-refractivity contribution in [2.75, 3.05) is 14.1 Å². The fourth-order valence-electron chi connectivity index (χ4n) is 9.27. The van der Waals surface area contributed by atoms with Crippen molar-refractivity contribution >= 4 is 19.9 Å². The molecule has 0 spiro atoms. The van der Waals surface area contributed by atoms with Crippen LogP contribution in [0.2, 0.25) is 18.1 Å². The molecule has 8 rings (SSSR count). The normalized spacial score (nSPS) is 23.2. The second-order valence-corrected chi connectivity index (χ2v) is 24.2. The Labute approximate surface area is 347 Å². The molecule has 3 aromatic carbocycles. The lowest BCUT2D eigenvalue weighted by atomic mass is 9.58. The van der Waals surface area contributed by atoms with Crippen molar-refractivity contribution in [3.8, 4) is 11.6 Å². The van der Waals surface area contributed by atoms with Gasteiger partial charge in [-0.1, -0.05) is 81.4 Å². The van der Waals surface area contributed by atoms with Gasteiger partial charge in [0, 0.05) is 46.8 Å². The lowest BCUT2D eigenvalue weighted by Gasteiger charge is -2.55. The summed E-state index contributed by atoms with van der Waals surface area (Å²) in [7, 11) is 0.829. The van der Waals surface area contributed by atoms with Crippen LogP contribution in [0.15, 0.2) is 76.5 Å². The molecule has 0 fully saturated rings. The molecular formula is C47H56FN3O7Si. The summed E-state index contributed by atoms with van der Waals surface area (Å²) in [6.45, 7) is 17.6. The van der Waals surface area contributed by atoms with Gasteiger partial charge in [0.25, 0.3) is 5.88 Å². The van der Waals surface area contributed by atoms with Crippen LogP contribution >= 0.6 is 0 Å². The van der Waals surface area contributed by atoms with Crippen LogP contribution in [0.4, 0.5) is 4.39 Å². The summed E-state index contributed by atoms with van der Waals surface area (Å²) in [6.07, 6.45) is 0.367. The van der Waals surface area contributed by atoms with Gasteiger partial charge in [-0.05, 0) is 88.0 Å². The first-order valence-corrected chi connectivity index (χ1v) is 23.5. The van der Waals surface area contributed by atoms with E-state index >= 15 is 14.0 Å². The van der Waals surface area contributed by atoms with Gasteiger partial charge in [-0.25, -0.2) is 4.39 Å². The van der Waals surface area contributed by atoms with Crippen molar-refractivity contribution in [1.82, 2.24) is 15.0 Å². The molecule has 0 saturated heterocycles. The summed E-state index contributed by atoms with van der Waals surface area (Å²) in [4.78, 5) is 35.2. The zero-order valence-electron chi connectivity index (χ0n) is 35.9. The lowest BCUT2D eigenvalue weighted by Crippen LogP contribution is -2.65. The molecule has 12 heteroatoms. The first kappa shape index (κ1) is 41.1. The van der Waals surface area contributed by atoms with Crippen molar-refractivity contribution in [3.05, 3.63) is 123 Å². The molecule has 4 aliphatic rings. The minimum absolute atomic E-state index is 0.00441. The first-order valence-electron chi connectivity index (χ1n) is 20.6. The van der Waals surface area contributed by atoms with Crippen LogP contribution in [0.1, 0.15) is 108 Å². The Bertz CT molecular complexity index is 2340. The highest BCUT2D eigenvalue weighted by atomic mass is 28.4. The number of nitrogens with zero attached hydrogens (tertiary/aromatic N) is 3. The Morgan fingerprint density at radius 3 is 2.07 bits per heavy atom. The van der Waals surface area contributed by atoms with Crippen molar-refractivity contribution in [2.24, 2.45) is 11.8 Å². The average molecular weight is 822 g/mol. The average Bonchev–Trinajstić information content (AvgIpc) is 3.82. The molecule has 0 bridgehead atoms. The molecule has 10 nitrogen and oxygen atoms in total. The van der Waals surface area contributed by atoms with Crippen LogP contribution in [0.3, 0.4) is 0 Å². The third-order valence-electron chi connectivity index (χ3n) is 13.5. The molecule has 1 aliphatic heterocycles. The topological polar surface area (TPSA) is 115 Å². The summed E-state index contributed by atoms with van der Waals surface area (Å²) >= 11 is 0. The number of aromatic nitrogens is 1. The second-order valence-electron chi connectivity index (χ2n) is 19.4. The van der Waals surface area contributed by atoms with E-state index in [1.807, 2.05) is 92.8 Å². The van der Waals surface area contributed by atoms with E-state index in [1.165, 1.54) is 0 Å².